The largest absolute Gasteiger partial charge is 0.365 e. The van der Waals surface area contributed by atoms with Crippen molar-refractivity contribution in [3.63, 3.8) is 0 Å². The Morgan fingerprint density at radius 1 is 1.50 bits per heavy atom. The van der Waals surface area contributed by atoms with Gasteiger partial charge < -0.3 is 4.74 Å². The third-order valence-electron chi connectivity index (χ3n) is 4.01. The maximum atomic E-state index is 12.2. The summed E-state index contributed by atoms with van der Waals surface area (Å²) >= 11 is 0. The summed E-state index contributed by atoms with van der Waals surface area (Å²) in [5.74, 6) is 1.14. The number of anilines is 1. The zero-order valence-corrected chi connectivity index (χ0v) is 12.9. The molecule has 2 aromatic rings. The first kappa shape index (κ1) is 14.9. The first-order chi connectivity index (χ1) is 10.6. The van der Waals surface area contributed by atoms with Gasteiger partial charge in [0.15, 0.2) is 0 Å². The Morgan fingerprint density at radius 3 is 3.14 bits per heavy atom. The minimum Gasteiger partial charge on any atom is -0.365 e. The lowest BCUT2D eigenvalue weighted by molar-refractivity contribution is -0.131. The Bertz CT molecular complexity index is 623. The van der Waals surface area contributed by atoms with Crippen molar-refractivity contribution in [2.24, 2.45) is 5.92 Å². The van der Waals surface area contributed by atoms with Gasteiger partial charge in [-0.1, -0.05) is 19.8 Å². The van der Waals surface area contributed by atoms with Crippen molar-refractivity contribution >= 4 is 17.6 Å². The summed E-state index contributed by atoms with van der Waals surface area (Å²) < 4.78 is 7.40. The second-order valence-corrected chi connectivity index (χ2v) is 5.96. The number of carbonyl (C=O) groups is 1. The highest BCUT2D eigenvalue weighted by molar-refractivity contribution is 5.92. The van der Waals surface area contributed by atoms with E-state index in [9.17, 15) is 4.79 Å². The molecule has 1 N–H and O–H groups in total. The van der Waals surface area contributed by atoms with Crippen LogP contribution < -0.4 is 5.32 Å². The normalized spacial score (nSPS) is 23.4. The van der Waals surface area contributed by atoms with Crippen LogP contribution in [0.15, 0.2) is 18.5 Å². The van der Waals surface area contributed by atoms with E-state index in [0.717, 1.165) is 12.8 Å². The maximum Gasteiger partial charge on any atom is 0.255 e. The number of carbonyl (C=O) groups excluding carboxylic acids is 1. The minimum absolute atomic E-state index is 0.167. The zero-order valence-electron chi connectivity index (χ0n) is 12.9. The van der Waals surface area contributed by atoms with Crippen LogP contribution in [0.4, 0.5) is 5.95 Å². The molecule has 7 nitrogen and oxygen atoms in total. The average molecular weight is 303 g/mol. The monoisotopic (exact) mass is 303 g/mol. The molecule has 0 spiro atoms. The molecule has 2 heterocycles. The number of ether oxygens (including phenoxy) is 1. The van der Waals surface area contributed by atoms with Gasteiger partial charge in [-0.15, -0.1) is 5.10 Å². The lowest BCUT2D eigenvalue weighted by atomic mass is 9.88. The summed E-state index contributed by atoms with van der Waals surface area (Å²) in [5, 5.41) is 6.83. The van der Waals surface area contributed by atoms with Gasteiger partial charge in [0.05, 0.1) is 6.10 Å². The van der Waals surface area contributed by atoms with Crippen LogP contribution in [0.3, 0.4) is 0 Å². The third kappa shape index (κ3) is 3.41. The third-order valence-corrected chi connectivity index (χ3v) is 4.01. The smallest absolute Gasteiger partial charge is 0.255 e. The standard InChI is InChI=1S/C15H21N5O2/c1-10-5-3-6-12(9-10)22-11(2)13(21)17-14-18-15-16-7-4-8-20(15)19-14/h4,7-8,10-12H,3,5-6,9H2,1-2H3,(H,17,19,21). The molecule has 1 aliphatic carbocycles. The van der Waals surface area contributed by atoms with Gasteiger partial charge in [-0.3, -0.25) is 10.1 Å². The van der Waals surface area contributed by atoms with Crippen molar-refractivity contribution in [1.29, 1.82) is 0 Å². The van der Waals surface area contributed by atoms with Gasteiger partial charge in [0.25, 0.3) is 17.6 Å². The number of amides is 1. The molecule has 0 saturated heterocycles. The molecular formula is C15H21N5O2. The number of hydrogen-bond donors (Lipinski definition) is 1. The molecule has 0 radical (unpaired) electrons. The molecular weight excluding hydrogens is 282 g/mol. The van der Waals surface area contributed by atoms with E-state index in [1.54, 1.807) is 25.4 Å². The molecule has 1 amide bonds. The van der Waals surface area contributed by atoms with E-state index in [-0.39, 0.29) is 18.0 Å². The van der Waals surface area contributed by atoms with Crippen molar-refractivity contribution in [3.05, 3.63) is 18.5 Å². The summed E-state index contributed by atoms with van der Waals surface area (Å²) in [4.78, 5) is 20.4. The summed E-state index contributed by atoms with van der Waals surface area (Å²) in [6, 6.07) is 1.75. The molecule has 1 aliphatic rings. The molecule has 7 heteroatoms. The molecule has 3 atom stereocenters. The van der Waals surface area contributed by atoms with Gasteiger partial charge in [0.1, 0.15) is 6.10 Å². The van der Waals surface area contributed by atoms with Crippen molar-refractivity contribution in [2.45, 2.75) is 51.7 Å². The van der Waals surface area contributed by atoms with E-state index >= 15 is 0 Å². The van der Waals surface area contributed by atoms with E-state index in [4.69, 9.17) is 4.74 Å². The van der Waals surface area contributed by atoms with Gasteiger partial charge in [0, 0.05) is 12.4 Å². The molecule has 1 saturated carbocycles. The molecule has 2 aromatic heterocycles. The average Bonchev–Trinajstić information content (AvgIpc) is 2.89. The molecule has 0 bridgehead atoms. The number of aromatic nitrogens is 4. The molecule has 3 unspecified atom stereocenters. The fourth-order valence-electron chi connectivity index (χ4n) is 2.85. The Morgan fingerprint density at radius 2 is 2.36 bits per heavy atom. The lowest BCUT2D eigenvalue weighted by Gasteiger charge is -2.28. The van der Waals surface area contributed by atoms with E-state index in [2.05, 4.69) is 27.3 Å². The molecule has 1 fully saturated rings. The molecule has 118 valence electrons. The van der Waals surface area contributed by atoms with Crippen LogP contribution in [0.2, 0.25) is 0 Å². The van der Waals surface area contributed by atoms with Crippen LogP contribution in [0.5, 0.6) is 0 Å². The fraction of sp³-hybridized carbons (Fsp3) is 0.600. The van der Waals surface area contributed by atoms with Crippen LogP contribution in [-0.2, 0) is 9.53 Å². The number of rotatable bonds is 4. The quantitative estimate of drug-likeness (QED) is 0.935. The predicted octanol–water partition coefficient (Wildman–Crippen LogP) is 2.05. The highest BCUT2D eigenvalue weighted by Crippen LogP contribution is 2.26. The van der Waals surface area contributed by atoms with E-state index < -0.39 is 6.10 Å². The summed E-state index contributed by atoms with van der Waals surface area (Å²) in [5.41, 5.74) is 0. The fourth-order valence-corrected chi connectivity index (χ4v) is 2.85. The zero-order chi connectivity index (χ0) is 15.5. The van der Waals surface area contributed by atoms with Crippen LogP contribution in [0, 0.1) is 5.92 Å². The predicted molar refractivity (Wildman–Crippen MR) is 81.4 cm³/mol. The number of hydrogen-bond acceptors (Lipinski definition) is 5. The van der Waals surface area contributed by atoms with Gasteiger partial charge in [-0.25, -0.2) is 9.50 Å². The molecule has 3 rings (SSSR count). The van der Waals surface area contributed by atoms with E-state index in [1.165, 1.54) is 17.4 Å². The van der Waals surface area contributed by atoms with Crippen LogP contribution in [0.1, 0.15) is 39.5 Å². The molecule has 0 aliphatic heterocycles. The molecule has 22 heavy (non-hydrogen) atoms. The lowest BCUT2D eigenvalue weighted by Crippen LogP contribution is -2.34. The SMILES string of the molecule is CC1CCCC(OC(C)C(=O)Nc2nc3ncccn3n2)C1. The maximum absolute atomic E-state index is 12.2. The number of nitrogens with one attached hydrogen (secondary N) is 1. The molecule has 0 aromatic carbocycles. The van der Waals surface area contributed by atoms with Crippen molar-refractivity contribution in [2.75, 3.05) is 5.32 Å². The van der Waals surface area contributed by atoms with E-state index in [0.29, 0.717) is 11.7 Å². The summed E-state index contributed by atoms with van der Waals surface area (Å²) in [7, 11) is 0. The van der Waals surface area contributed by atoms with Gasteiger partial charge in [0.2, 0.25) is 0 Å². The second-order valence-electron chi connectivity index (χ2n) is 5.96. The van der Waals surface area contributed by atoms with Crippen LogP contribution in [0.25, 0.3) is 5.78 Å². The van der Waals surface area contributed by atoms with Crippen LogP contribution in [-0.4, -0.2) is 37.7 Å². The Kier molecular flexibility index (Phi) is 4.33. The van der Waals surface area contributed by atoms with Gasteiger partial charge in [-0.05, 0) is 31.7 Å². The Balaban J connectivity index is 1.58. The summed E-state index contributed by atoms with van der Waals surface area (Å²) in [6.45, 7) is 4.00. The highest BCUT2D eigenvalue weighted by Gasteiger charge is 2.24. The van der Waals surface area contributed by atoms with Crippen molar-refractivity contribution in [3.8, 4) is 0 Å². The Hall–Kier alpha value is -2.02. The minimum atomic E-state index is -0.519. The van der Waals surface area contributed by atoms with Crippen molar-refractivity contribution < 1.29 is 9.53 Å². The second kappa shape index (κ2) is 6.39. The summed E-state index contributed by atoms with van der Waals surface area (Å²) in [6.07, 6.45) is 7.47. The van der Waals surface area contributed by atoms with Gasteiger partial charge in [-0.2, -0.15) is 4.98 Å². The van der Waals surface area contributed by atoms with E-state index in [1.807, 2.05) is 0 Å². The first-order valence-electron chi connectivity index (χ1n) is 7.75. The number of fused-ring (bicyclic) bond motifs is 1. The topological polar surface area (TPSA) is 81.4 Å². The van der Waals surface area contributed by atoms with Gasteiger partial charge >= 0.3 is 0 Å². The van der Waals surface area contributed by atoms with Crippen molar-refractivity contribution in [1.82, 2.24) is 19.6 Å². The number of nitrogens with zero attached hydrogens (tertiary/aromatic N) is 4. The Labute approximate surface area is 129 Å². The first-order valence-corrected chi connectivity index (χ1v) is 7.75. The highest BCUT2D eigenvalue weighted by atomic mass is 16.5. The van der Waals surface area contributed by atoms with Crippen LogP contribution >= 0.6 is 0 Å².